The molecule has 1 atom stereocenters. The first-order valence-electron chi connectivity index (χ1n) is 10.2. The molecule has 2 nitrogen and oxygen atoms in total. The summed E-state index contributed by atoms with van der Waals surface area (Å²) >= 11 is 6.06. The number of benzene rings is 2. The second kappa shape index (κ2) is 8.19. The van der Waals surface area contributed by atoms with Crippen molar-refractivity contribution in [1.82, 2.24) is 4.90 Å². The SMILES string of the molecule is FC(F)(F)c1ccc(OC2CCCN(CC3(c4ccc(Cl)cc4)CCC3)C2)cc1. The van der Waals surface area contributed by atoms with Crippen LogP contribution in [0.4, 0.5) is 13.2 Å². The van der Waals surface area contributed by atoms with E-state index in [0.717, 1.165) is 49.6 Å². The zero-order valence-corrected chi connectivity index (χ0v) is 17.0. The maximum absolute atomic E-state index is 12.7. The Hall–Kier alpha value is -1.72. The number of rotatable bonds is 5. The van der Waals surface area contributed by atoms with Crippen LogP contribution in [0, 0.1) is 0 Å². The van der Waals surface area contributed by atoms with Gasteiger partial charge in [-0.25, -0.2) is 0 Å². The quantitative estimate of drug-likeness (QED) is 0.557. The maximum atomic E-state index is 12.7. The van der Waals surface area contributed by atoms with Crippen molar-refractivity contribution in [3.05, 3.63) is 64.7 Å². The second-order valence-corrected chi connectivity index (χ2v) is 8.72. The number of alkyl halides is 3. The Morgan fingerprint density at radius 3 is 2.28 bits per heavy atom. The molecule has 4 rings (SSSR count). The van der Waals surface area contributed by atoms with Crippen LogP contribution in [-0.2, 0) is 11.6 Å². The highest BCUT2D eigenvalue weighted by Gasteiger charge is 2.41. The van der Waals surface area contributed by atoms with Gasteiger partial charge in [0.1, 0.15) is 11.9 Å². The Balaban J connectivity index is 1.38. The first-order valence-corrected chi connectivity index (χ1v) is 10.5. The van der Waals surface area contributed by atoms with Gasteiger partial charge in [-0.2, -0.15) is 13.2 Å². The fraction of sp³-hybridized carbons (Fsp3) is 0.478. The lowest BCUT2D eigenvalue weighted by molar-refractivity contribution is -0.137. The molecule has 0 spiro atoms. The molecule has 1 unspecified atom stereocenters. The van der Waals surface area contributed by atoms with Crippen LogP contribution in [0.1, 0.15) is 43.2 Å². The number of ether oxygens (including phenoxy) is 1. The Morgan fingerprint density at radius 1 is 1.00 bits per heavy atom. The summed E-state index contributed by atoms with van der Waals surface area (Å²) in [5, 5.41) is 0.756. The molecule has 156 valence electrons. The summed E-state index contributed by atoms with van der Waals surface area (Å²) in [5.41, 5.74) is 0.879. The smallest absolute Gasteiger partial charge is 0.416 e. The lowest BCUT2D eigenvalue weighted by Crippen LogP contribution is -2.50. The van der Waals surface area contributed by atoms with Crippen LogP contribution in [-0.4, -0.2) is 30.6 Å². The van der Waals surface area contributed by atoms with Gasteiger partial charge in [0, 0.05) is 23.5 Å². The highest BCUT2D eigenvalue weighted by molar-refractivity contribution is 6.30. The topological polar surface area (TPSA) is 12.5 Å². The van der Waals surface area contributed by atoms with E-state index in [1.54, 1.807) is 0 Å². The average molecular weight is 424 g/mol. The molecular formula is C23H25ClF3NO. The number of hydrogen-bond acceptors (Lipinski definition) is 2. The lowest BCUT2D eigenvalue weighted by atomic mass is 9.64. The van der Waals surface area contributed by atoms with Gasteiger partial charge < -0.3 is 4.74 Å². The summed E-state index contributed by atoms with van der Waals surface area (Å²) in [4.78, 5) is 2.45. The van der Waals surface area contributed by atoms with Gasteiger partial charge in [-0.3, -0.25) is 4.90 Å². The third-order valence-corrected chi connectivity index (χ3v) is 6.49. The van der Waals surface area contributed by atoms with E-state index in [9.17, 15) is 13.2 Å². The van der Waals surface area contributed by atoms with Crippen molar-refractivity contribution in [2.75, 3.05) is 19.6 Å². The van der Waals surface area contributed by atoms with Gasteiger partial charge in [-0.05, 0) is 74.2 Å². The van der Waals surface area contributed by atoms with Crippen LogP contribution < -0.4 is 4.74 Å². The first kappa shape index (κ1) is 20.5. The van der Waals surface area contributed by atoms with Gasteiger partial charge in [0.2, 0.25) is 0 Å². The van der Waals surface area contributed by atoms with Crippen LogP contribution in [0.2, 0.25) is 5.02 Å². The Labute approximate surface area is 174 Å². The third-order valence-electron chi connectivity index (χ3n) is 6.24. The Bertz CT molecular complexity index is 816. The van der Waals surface area contributed by atoms with E-state index in [1.807, 2.05) is 12.1 Å². The zero-order chi connectivity index (χ0) is 20.5. The van der Waals surface area contributed by atoms with Crippen molar-refractivity contribution in [3.63, 3.8) is 0 Å². The molecular weight excluding hydrogens is 399 g/mol. The standard InChI is InChI=1S/C23H25ClF3NO/c24-19-8-4-17(5-9-19)22(12-2-13-22)16-28-14-1-3-21(15-28)29-20-10-6-18(7-11-20)23(25,26)27/h4-11,21H,1-3,12-16H2. The summed E-state index contributed by atoms with van der Waals surface area (Å²) in [6.07, 6.45) is 1.22. The summed E-state index contributed by atoms with van der Waals surface area (Å²) in [5.74, 6) is 0.501. The summed E-state index contributed by atoms with van der Waals surface area (Å²) in [6, 6.07) is 13.2. The fourth-order valence-corrected chi connectivity index (χ4v) is 4.67. The van der Waals surface area contributed by atoms with E-state index in [-0.39, 0.29) is 11.5 Å². The molecule has 0 bridgehead atoms. The van der Waals surface area contributed by atoms with Gasteiger partial charge in [0.05, 0.1) is 5.56 Å². The van der Waals surface area contributed by atoms with Gasteiger partial charge in [0.25, 0.3) is 0 Å². The minimum atomic E-state index is -4.32. The normalized spacial score (nSPS) is 22.1. The average Bonchev–Trinajstić information content (AvgIpc) is 2.66. The number of nitrogens with zero attached hydrogens (tertiary/aromatic N) is 1. The van der Waals surface area contributed by atoms with Crippen molar-refractivity contribution >= 4 is 11.6 Å². The van der Waals surface area contributed by atoms with Crippen molar-refractivity contribution < 1.29 is 17.9 Å². The van der Waals surface area contributed by atoms with Gasteiger partial charge in [-0.1, -0.05) is 30.2 Å². The molecule has 2 aromatic carbocycles. The molecule has 1 saturated heterocycles. The third kappa shape index (κ3) is 4.72. The molecule has 2 aliphatic rings. The Kier molecular flexibility index (Phi) is 5.80. The number of piperidine rings is 1. The lowest BCUT2D eigenvalue weighted by Gasteiger charge is -2.47. The molecule has 0 amide bonds. The monoisotopic (exact) mass is 423 g/mol. The van der Waals surface area contributed by atoms with Crippen molar-refractivity contribution in [3.8, 4) is 5.75 Å². The predicted octanol–water partition coefficient (Wildman–Crippen LogP) is 6.32. The van der Waals surface area contributed by atoms with Crippen LogP contribution >= 0.6 is 11.6 Å². The molecule has 0 radical (unpaired) electrons. The van der Waals surface area contributed by atoms with Crippen molar-refractivity contribution in [1.29, 1.82) is 0 Å². The second-order valence-electron chi connectivity index (χ2n) is 8.28. The predicted molar refractivity (Wildman–Crippen MR) is 109 cm³/mol. The fourth-order valence-electron chi connectivity index (χ4n) is 4.54. The largest absolute Gasteiger partial charge is 0.489 e. The number of hydrogen-bond donors (Lipinski definition) is 0. The molecule has 2 aromatic rings. The van der Waals surface area contributed by atoms with E-state index in [1.165, 1.54) is 37.0 Å². The van der Waals surface area contributed by atoms with E-state index in [4.69, 9.17) is 16.3 Å². The molecule has 1 aliphatic heterocycles. The molecule has 29 heavy (non-hydrogen) atoms. The van der Waals surface area contributed by atoms with Crippen LogP contribution in [0.5, 0.6) is 5.75 Å². The van der Waals surface area contributed by atoms with Crippen molar-refractivity contribution in [2.24, 2.45) is 0 Å². The molecule has 6 heteroatoms. The molecule has 1 heterocycles. The zero-order valence-electron chi connectivity index (χ0n) is 16.2. The summed E-state index contributed by atoms with van der Waals surface area (Å²) in [7, 11) is 0. The summed E-state index contributed by atoms with van der Waals surface area (Å²) < 4.78 is 44.2. The molecule has 1 saturated carbocycles. The number of halogens is 4. The van der Waals surface area contributed by atoms with Crippen LogP contribution in [0.3, 0.4) is 0 Å². The molecule has 2 fully saturated rings. The maximum Gasteiger partial charge on any atom is 0.416 e. The highest BCUT2D eigenvalue weighted by Crippen LogP contribution is 2.45. The van der Waals surface area contributed by atoms with E-state index in [0.29, 0.717) is 5.75 Å². The van der Waals surface area contributed by atoms with E-state index >= 15 is 0 Å². The van der Waals surface area contributed by atoms with Gasteiger partial charge in [0.15, 0.2) is 0 Å². The van der Waals surface area contributed by atoms with Gasteiger partial charge in [-0.15, -0.1) is 0 Å². The Morgan fingerprint density at radius 2 is 1.69 bits per heavy atom. The van der Waals surface area contributed by atoms with Crippen LogP contribution in [0.15, 0.2) is 48.5 Å². The molecule has 0 N–H and O–H groups in total. The van der Waals surface area contributed by atoms with E-state index < -0.39 is 11.7 Å². The highest BCUT2D eigenvalue weighted by atomic mass is 35.5. The first-order chi connectivity index (χ1) is 13.8. The van der Waals surface area contributed by atoms with E-state index in [2.05, 4.69) is 17.0 Å². The van der Waals surface area contributed by atoms with Gasteiger partial charge >= 0.3 is 6.18 Å². The van der Waals surface area contributed by atoms with Crippen molar-refractivity contribution in [2.45, 2.75) is 49.8 Å². The minimum absolute atomic E-state index is 0.00262. The molecule has 1 aliphatic carbocycles. The molecule has 0 aromatic heterocycles. The summed E-state index contributed by atoms with van der Waals surface area (Å²) in [6.45, 7) is 2.82. The number of likely N-dealkylation sites (tertiary alicyclic amines) is 1. The van der Waals surface area contributed by atoms with Crippen LogP contribution in [0.25, 0.3) is 0 Å². The minimum Gasteiger partial charge on any atom is -0.489 e.